The van der Waals surface area contributed by atoms with E-state index in [1.54, 1.807) is 123 Å². The molecular weight excluding hydrogens is 950 g/mol. The van der Waals surface area contributed by atoms with Gasteiger partial charge in [0.15, 0.2) is 11.5 Å². The Morgan fingerprint density at radius 1 is 0.681 bits per heavy atom. The van der Waals surface area contributed by atoms with Crippen LogP contribution in [0.25, 0.3) is 33.0 Å². The van der Waals surface area contributed by atoms with Gasteiger partial charge in [-0.05, 0) is 132 Å². The zero-order valence-corrected chi connectivity index (χ0v) is 44.2. The van der Waals surface area contributed by atoms with E-state index in [2.05, 4.69) is 40.9 Å². The van der Waals surface area contributed by atoms with E-state index in [-0.39, 0.29) is 56.9 Å². The molecule has 0 aliphatic rings. The number of amides is 4. The van der Waals surface area contributed by atoms with E-state index in [1.165, 1.54) is 6.33 Å². The second kappa shape index (κ2) is 23.3. The number of nitrogens with one attached hydrogen (secondary N) is 3. The van der Waals surface area contributed by atoms with Gasteiger partial charge in [0.1, 0.15) is 40.0 Å². The van der Waals surface area contributed by atoms with Crippen molar-refractivity contribution in [3.8, 4) is 5.75 Å². The second-order valence-electron chi connectivity index (χ2n) is 20.6. The number of halogens is 1. The number of hydrogen-bond donors (Lipinski definition) is 4. The largest absolute Gasteiger partial charge is 0.497 e. The van der Waals surface area contributed by atoms with Gasteiger partial charge in [-0.3, -0.25) is 10.6 Å². The standard InChI is InChI=1S/C49H68ClN13O9/c1-46(2,3)69-42(64)57-40(58-43(65)70-47(4,5)6)61(21-14-20-52-36-32-18-16-30(50)26-35(32)56-34-19-17-31(68-13)27-33(34)36)22-15-23-62(24-25-63-29-55-37-38(51)53-28-54-39(37)63)41(59-44(66)71-48(7,8)9)60-45(67)72-49(10,11)12/h16-19,26-29H,14-15,20-25H2,1-13H3,(H,52,56)(H2,51,53,54)(H,57,58,64,65)(H,59,60,66,67). The molecule has 5 rings (SSSR count). The highest BCUT2D eigenvalue weighted by molar-refractivity contribution is 6.31. The Balaban J connectivity index is 1.52. The predicted octanol–water partition coefficient (Wildman–Crippen LogP) is 8.90. The van der Waals surface area contributed by atoms with Gasteiger partial charge in [-0.2, -0.15) is 0 Å². The molecule has 0 saturated heterocycles. The number of nitrogens with two attached hydrogens (primary N) is 1. The molecule has 390 valence electrons. The third kappa shape index (κ3) is 17.3. The third-order valence-electron chi connectivity index (χ3n) is 9.75. The first-order valence-corrected chi connectivity index (χ1v) is 23.8. The zero-order chi connectivity index (χ0) is 53.2. The molecule has 0 spiro atoms. The summed E-state index contributed by atoms with van der Waals surface area (Å²) < 4.78 is 29.7. The minimum atomic E-state index is -0.967. The fourth-order valence-electron chi connectivity index (χ4n) is 6.98. The van der Waals surface area contributed by atoms with Gasteiger partial charge < -0.3 is 49.1 Å². The third-order valence-corrected chi connectivity index (χ3v) is 9.99. The van der Waals surface area contributed by atoms with Gasteiger partial charge >= 0.3 is 24.4 Å². The zero-order valence-electron chi connectivity index (χ0n) is 43.4. The van der Waals surface area contributed by atoms with Gasteiger partial charge in [-0.15, -0.1) is 9.98 Å². The molecule has 72 heavy (non-hydrogen) atoms. The number of aromatic nitrogens is 5. The molecule has 3 aromatic heterocycles. The summed E-state index contributed by atoms with van der Waals surface area (Å²) in [5, 5.41) is 11.1. The lowest BCUT2D eigenvalue weighted by atomic mass is 10.1. The van der Waals surface area contributed by atoms with Crippen molar-refractivity contribution in [3.05, 3.63) is 54.1 Å². The molecule has 2 aromatic carbocycles. The smallest absolute Gasteiger partial charge is 0.437 e. The van der Waals surface area contributed by atoms with E-state index in [0.29, 0.717) is 40.4 Å². The predicted molar refractivity (Wildman–Crippen MR) is 277 cm³/mol. The molecule has 0 atom stereocenters. The van der Waals surface area contributed by atoms with Gasteiger partial charge in [-0.25, -0.2) is 39.1 Å². The molecule has 23 heteroatoms. The van der Waals surface area contributed by atoms with E-state index < -0.39 is 46.8 Å². The molecule has 5 aromatic rings. The van der Waals surface area contributed by atoms with Crippen molar-refractivity contribution < 1.29 is 42.9 Å². The number of pyridine rings is 1. The Morgan fingerprint density at radius 3 is 1.79 bits per heavy atom. The van der Waals surface area contributed by atoms with Crippen LogP contribution in [0.2, 0.25) is 5.02 Å². The number of nitrogens with zero attached hydrogens (tertiary/aromatic N) is 9. The van der Waals surface area contributed by atoms with E-state index in [4.69, 9.17) is 46.0 Å². The number of nitrogen functional groups attached to an aromatic ring is 1. The molecule has 5 N–H and O–H groups in total. The van der Waals surface area contributed by atoms with Crippen molar-refractivity contribution >= 4 is 92.4 Å². The Kier molecular flexibility index (Phi) is 18.0. The van der Waals surface area contributed by atoms with Crippen LogP contribution in [0, 0.1) is 0 Å². The van der Waals surface area contributed by atoms with E-state index in [0.717, 1.165) is 22.0 Å². The number of carbonyl (C=O) groups excluding carboxylic acids is 4. The highest BCUT2D eigenvalue weighted by Crippen LogP contribution is 2.34. The van der Waals surface area contributed by atoms with Gasteiger partial charge in [0.2, 0.25) is 11.9 Å². The first-order valence-electron chi connectivity index (χ1n) is 23.4. The molecule has 0 unspecified atom stereocenters. The average Bonchev–Trinajstić information content (AvgIpc) is 3.66. The van der Waals surface area contributed by atoms with Crippen LogP contribution in [0.4, 0.5) is 30.7 Å². The number of benzene rings is 2. The van der Waals surface area contributed by atoms with Crippen LogP contribution < -0.4 is 26.4 Å². The van der Waals surface area contributed by atoms with Crippen molar-refractivity contribution in [3.63, 3.8) is 0 Å². The maximum atomic E-state index is 13.5. The van der Waals surface area contributed by atoms with Crippen molar-refractivity contribution in [1.82, 2.24) is 44.9 Å². The normalized spacial score (nSPS) is 12.6. The summed E-state index contributed by atoms with van der Waals surface area (Å²) in [4.78, 5) is 83.3. The quantitative estimate of drug-likeness (QED) is 0.0282. The van der Waals surface area contributed by atoms with Crippen molar-refractivity contribution in [2.24, 2.45) is 9.98 Å². The van der Waals surface area contributed by atoms with E-state index >= 15 is 0 Å². The Bertz CT molecular complexity index is 2810. The van der Waals surface area contributed by atoms with Crippen molar-refractivity contribution in [2.75, 3.05) is 50.9 Å². The minimum absolute atomic E-state index is 0.113. The Labute approximate surface area is 424 Å². The molecule has 0 fully saturated rings. The highest BCUT2D eigenvalue weighted by atomic mass is 35.5. The molecule has 0 saturated carbocycles. The van der Waals surface area contributed by atoms with Crippen LogP contribution >= 0.6 is 11.6 Å². The average molecular weight is 1020 g/mol. The number of anilines is 2. The summed E-state index contributed by atoms with van der Waals surface area (Å²) >= 11 is 6.40. The van der Waals surface area contributed by atoms with Crippen molar-refractivity contribution in [2.45, 2.75) is 125 Å². The molecule has 4 amide bonds. The topological polar surface area (TPSA) is 264 Å². The summed E-state index contributed by atoms with van der Waals surface area (Å²) in [5.41, 5.74) is 5.52. The SMILES string of the molecule is COc1ccc2nc3cc(Cl)ccc3c(NCCCN(CCCN(CCn3cnc4c(N)ncnc43)/C(=N/C(=O)OC(C)(C)C)NC(=O)OC(C)(C)C)/C(=N/C(=O)OC(C)(C)C)NC(=O)OC(C)(C)C)c2c1. The monoisotopic (exact) mass is 1020 g/mol. The molecule has 3 heterocycles. The second-order valence-corrected chi connectivity index (χ2v) is 21.0. The minimum Gasteiger partial charge on any atom is -0.497 e. The van der Waals surface area contributed by atoms with Crippen LogP contribution in [-0.2, 0) is 25.5 Å². The Morgan fingerprint density at radius 2 is 1.24 bits per heavy atom. The molecule has 22 nitrogen and oxygen atoms in total. The number of rotatable bonds is 13. The number of methoxy groups -OCH3 is 1. The van der Waals surface area contributed by atoms with Gasteiger partial charge in [0.05, 0.1) is 30.2 Å². The number of guanidine groups is 2. The van der Waals surface area contributed by atoms with Crippen LogP contribution in [-0.4, -0.2) is 133 Å². The first-order chi connectivity index (χ1) is 33.6. The maximum absolute atomic E-state index is 13.5. The van der Waals surface area contributed by atoms with Crippen LogP contribution in [0.3, 0.4) is 0 Å². The fraction of sp³-hybridized carbons (Fsp3) is 0.510. The van der Waals surface area contributed by atoms with Crippen LogP contribution in [0.15, 0.2) is 59.0 Å². The van der Waals surface area contributed by atoms with Crippen LogP contribution in [0.1, 0.15) is 95.9 Å². The Hall–Kier alpha value is -7.23. The fourth-order valence-corrected chi connectivity index (χ4v) is 7.14. The van der Waals surface area contributed by atoms with Crippen LogP contribution in [0.5, 0.6) is 5.75 Å². The molecular formula is C49H68ClN13O9. The molecule has 0 aliphatic heterocycles. The first kappa shape index (κ1) is 55.7. The highest BCUT2D eigenvalue weighted by Gasteiger charge is 2.27. The molecule has 0 radical (unpaired) electrons. The maximum Gasteiger partial charge on any atom is 0.437 e. The lowest BCUT2D eigenvalue weighted by Crippen LogP contribution is -2.50. The number of hydrogen-bond acceptors (Lipinski definition) is 15. The lowest BCUT2D eigenvalue weighted by molar-refractivity contribution is 0.0537. The summed E-state index contributed by atoms with van der Waals surface area (Å²) in [7, 11) is 1.59. The molecule has 0 bridgehead atoms. The summed E-state index contributed by atoms with van der Waals surface area (Å²) in [6.45, 7) is 21.6. The number of carbonyl (C=O) groups is 4. The van der Waals surface area contributed by atoms with E-state index in [9.17, 15) is 19.2 Å². The number of imidazole rings is 1. The number of aliphatic imine (C=N–C) groups is 2. The van der Waals surface area contributed by atoms with Gasteiger partial charge in [0.25, 0.3) is 0 Å². The number of ether oxygens (including phenoxy) is 5. The van der Waals surface area contributed by atoms with E-state index in [1.807, 2.05) is 24.3 Å². The summed E-state index contributed by atoms with van der Waals surface area (Å²) in [5.74, 6) is 0.536. The summed E-state index contributed by atoms with van der Waals surface area (Å²) in [6, 6.07) is 11.1. The number of fused-ring (bicyclic) bond motifs is 3. The lowest BCUT2D eigenvalue weighted by Gasteiger charge is -2.30. The number of alkyl carbamates (subject to hydrolysis) is 2. The van der Waals surface area contributed by atoms with Gasteiger partial charge in [0, 0.05) is 55.1 Å². The summed E-state index contributed by atoms with van der Waals surface area (Å²) in [6.07, 6.45) is -0.0877. The van der Waals surface area contributed by atoms with Gasteiger partial charge in [-0.1, -0.05) is 11.6 Å². The molecule has 0 aliphatic carbocycles. The van der Waals surface area contributed by atoms with Crippen molar-refractivity contribution in [1.29, 1.82) is 0 Å².